The topological polar surface area (TPSA) is 83.6 Å². The molecule has 18 heavy (non-hydrogen) atoms. The Bertz CT molecular complexity index is 547. The number of aliphatic hydroxyl groups is 1. The summed E-state index contributed by atoms with van der Waals surface area (Å²) in [6, 6.07) is 8.28. The summed E-state index contributed by atoms with van der Waals surface area (Å²) in [5.41, 5.74) is 1.52. The highest BCUT2D eigenvalue weighted by atomic mass is 16.5. The number of hydrogen-bond acceptors (Lipinski definition) is 4. The van der Waals surface area contributed by atoms with Crippen molar-refractivity contribution in [3.63, 3.8) is 0 Å². The molecule has 0 saturated heterocycles. The Hall–Kier alpha value is -2.14. The van der Waals surface area contributed by atoms with E-state index in [1.54, 1.807) is 24.3 Å². The quantitative estimate of drug-likeness (QED) is 0.843. The lowest BCUT2D eigenvalue weighted by molar-refractivity contribution is 0.0697. The minimum absolute atomic E-state index is 0.102. The fraction of sp³-hybridized carbons (Fsp3) is 0.231. The molecule has 1 aromatic carbocycles. The van der Waals surface area contributed by atoms with Crippen LogP contribution < -0.4 is 0 Å². The van der Waals surface area contributed by atoms with Gasteiger partial charge in [0.1, 0.15) is 11.5 Å². The van der Waals surface area contributed by atoms with E-state index in [4.69, 9.17) is 14.7 Å². The van der Waals surface area contributed by atoms with Gasteiger partial charge in [-0.15, -0.1) is 0 Å². The molecule has 5 heteroatoms. The van der Waals surface area contributed by atoms with Gasteiger partial charge in [-0.1, -0.05) is 17.3 Å². The Labute approximate surface area is 104 Å². The minimum Gasteiger partial charge on any atom is -0.478 e. The van der Waals surface area contributed by atoms with Gasteiger partial charge in [-0.2, -0.15) is 0 Å². The number of aromatic nitrogens is 1. The third-order valence-electron chi connectivity index (χ3n) is 2.55. The Balaban J connectivity index is 2.23. The summed E-state index contributed by atoms with van der Waals surface area (Å²) in [7, 11) is 0. The van der Waals surface area contributed by atoms with Crippen molar-refractivity contribution in [2.24, 2.45) is 0 Å². The van der Waals surface area contributed by atoms with Crippen LogP contribution in [-0.4, -0.2) is 27.9 Å². The summed E-state index contributed by atoms with van der Waals surface area (Å²) in [5, 5.41) is 21.5. The summed E-state index contributed by atoms with van der Waals surface area (Å²) in [5.74, 6) is -0.291. The monoisotopic (exact) mass is 247 g/mol. The predicted molar refractivity (Wildman–Crippen MR) is 64.3 cm³/mol. The maximum absolute atomic E-state index is 10.9. The summed E-state index contributed by atoms with van der Waals surface area (Å²) < 4.78 is 5.11. The number of aliphatic hydroxyl groups excluding tert-OH is 1. The largest absolute Gasteiger partial charge is 0.478 e. The Kier molecular flexibility index (Phi) is 3.74. The van der Waals surface area contributed by atoms with E-state index in [0.717, 1.165) is 0 Å². The number of nitrogens with zero attached hydrogens (tertiary/aromatic N) is 1. The zero-order valence-electron chi connectivity index (χ0n) is 9.67. The Morgan fingerprint density at radius 2 is 2.17 bits per heavy atom. The van der Waals surface area contributed by atoms with Gasteiger partial charge in [0.15, 0.2) is 0 Å². The number of aromatic carboxylic acids is 1. The molecule has 5 nitrogen and oxygen atoms in total. The Morgan fingerprint density at radius 1 is 1.33 bits per heavy atom. The lowest BCUT2D eigenvalue weighted by Crippen LogP contribution is -1.95. The summed E-state index contributed by atoms with van der Waals surface area (Å²) in [6.07, 6.45) is 1.23. The lowest BCUT2D eigenvalue weighted by Gasteiger charge is -1.97. The molecule has 0 atom stereocenters. The van der Waals surface area contributed by atoms with Gasteiger partial charge in [0.05, 0.1) is 5.56 Å². The van der Waals surface area contributed by atoms with Gasteiger partial charge in [0.25, 0.3) is 0 Å². The van der Waals surface area contributed by atoms with Crippen LogP contribution in [0.15, 0.2) is 34.9 Å². The number of carboxylic acid groups (broad SMARTS) is 1. The van der Waals surface area contributed by atoms with Gasteiger partial charge >= 0.3 is 5.97 Å². The summed E-state index contributed by atoms with van der Waals surface area (Å²) in [4.78, 5) is 10.9. The van der Waals surface area contributed by atoms with Gasteiger partial charge in [-0.3, -0.25) is 0 Å². The minimum atomic E-state index is -0.971. The average Bonchev–Trinajstić information content (AvgIpc) is 2.85. The first kappa shape index (κ1) is 12.3. The number of hydrogen-bond donors (Lipinski definition) is 2. The van der Waals surface area contributed by atoms with E-state index in [1.807, 2.05) is 0 Å². The van der Waals surface area contributed by atoms with Gasteiger partial charge < -0.3 is 14.7 Å². The molecule has 1 heterocycles. The van der Waals surface area contributed by atoms with E-state index in [1.165, 1.54) is 6.07 Å². The highest BCUT2D eigenvalue weighted by Crippen LogP contribution is 2.21. The van der Waals surface area contributed by atoms with Crippen molar-refractivity contribution in [2.75, 3.05) is 6.61 Å². The molecule has 0 spiro atoms. The van der Waals surface area contributed by atoms with Crippen LogP contribution in [0.5, 0.6) is 0 Å². The van der Waals surface area contributed by atoms with Crippen LogP contribution in [-0.2, 0) is 6.42 Å². The molecular weight excluding hydrogens is 234 g/mol. The van der Waals surface area contributed by atoms with Gasteiger partial charge in [-0.05, 0) is 18.6 Å². The first-order chi connectivity index (χ1) is 8.70. The number of carbonyl (C=O) groups is 1. The second kappa shape index (κ2) is 5.46. The van der Waals surface area contributed by atoms with Gasteiger partial charge in [0.2, 0.25) is 0 Å². The molecule has 0 aliphatic rings. The first-order valence-corrected chi connectivity index (χ1v) is 5.61. The molecule has 0 saturated carbocycles. The van der Waals surface area contributed by atoms with Crippen LogP contribution in [0.1, 0.15) is 22.5 Å². The van der Waals surface area contributed by atoms with Crippen molar-refractivity contribution in [1.29, 1.82) is 0 Å². The smallest absolute Gasteiger partial charge is 0.335 e. The molecule has 0 unspecified atom stereocenters. The third-order valence-corrected chi connectivity index (χ3v) is 2.55. The molecular formula is C13H13NO4. The van der Waals surface area contributed by atoms with E-state index < -0.39 is 5.97 Å². The van der Waals surface area contributed by atoms with Crippen LogP contribution >= 0.6 is 0 Å². The van der Waals surface area contributed by atoms with Crippen molar-refractivity contribution in [1.82, 2.24) is 5.16 Å². The molecule has 0 aliphatic carbocycles. The van der Waals surface area contributed by atoms with Gasteiger partial charge in [-0.25, -0.2) is 4.79 Å². The molecule has 0 radical (unpaired) electrons. The molecule has 0 fully saturated rings. The standard InChI is InChI=1S/C13H13NO4/c15-6-2-5-11-8-12(14-18-11)9-3-1-4-10(7-9)13(16)17/h1,3-4,7-8,15H,2,5-6H2,(H,16,17). The van der Waals surface area contributed by atoms with E-state index in [0.29, 0.717) is 29.9 Å². The second-order valence-electron chi connectivity index (χ2n) is 3.89. The molecule has 2 N–H and O–H groups in total. The van der Waals surface area contributed by atoms with E-state index in [-0.39, 0.29) is 12.2 Å². The summed E-state index contributed by atoms with van der Waals surface area (Å²) in [6.45, 7) is 0.102. The lowest BCUT2D eigenvalue weighted by atomic mass is 10.1. The van der Waals surface area contributed by atoms with E-state index in [9.17, 15) is 4.79 Å². The fourth-order valence-corrected chi connectivity index (χ4v) is 1.63. The Morgan fingerprint density at radius 3 is 2.89 bits per heavy atom. The SMILES string of the molecule is O=C(O)c1cccc(-c2cc(CCCO)on2)c1. The van der Waals surface area contributed by atoms with Crippen LogP contribution in [0.3, 0.4) is 0 Å². The third kappa shape index (κ3) is 2.75. The predicted octanol–water partition coefficient (Wildman–Crippen LogP) is 1.96. The maximum Gasteiger partial charge on any atom is 0.335 e. The molecule has 1 aromatic heterocycles. The van der Waals surface area contributed by atoms with Crippen LogP contribution in [0.4, 0.5) is 0 Å². The van der Waals surface area contributed by atoms with Crippen molar-refractivity contribution in [3.05, 3.63) is 41.7 Å². The highest BCUT2D eigenvalue weighted by molar-refractivity contribution is 5.89. The molecule has 94 valence electrons. The van der Waals surface area contributed by atoms with Crippen molar-refractivity contribution in [2.45, 2.75) is 12.8 Å². The number of rotatable bonds is 5. The van der Waals surface area contributed by atoms with Crippen LogP contribution in [0.25, 0.3) is 11.3 Å². The molecule has 0 aliphatic heterocycles. The van der Waals surface area contributed by atoms with Crippen molar-refractivity contribution < 1.29 is 19.5 Å². The zero-order chi connectivity index (χ0) is 13.0. The normalized spacial score (nSPS) is 10.5. The van der Waals surface area contributed by atoms with E-state index >= 15 is 0 Å². The molecule has 0 amide bonds. The summed E-state index contributed by atoms with van der Waals surface area (Å²) >= 11 is 0. The maximum atomic E-state index is 10.9. The fourth-order valence-electron chi connectivity index (χ4n) is 1.63. The van der Waals surface area contributed by atoms with E-state index in [2.05, 4.69) is 5.16 Å². The molecule has 2 rings (SSSR count). The van der Waals surface area contributed by atoms with Crippen LogP contribution in [0.2, 0.25) is 0 Å². The van der Waals surface area contributed by atoms with Gasteiger partial charge in [0, 0.05) is 24.7 Å². The zero-order valence-corrected chi connectivity index (χ0v) is 9.67. The second-order valence-corrected chi connectivity index (χ2v) is 3.89. The van der Waals surface area contributed by atoms with Crippen molar-refractivity contribution in [3.8, 4) is 11.3 Å². The number of carboxylic acids is 1. The molecule has 0 bridgehead atoms. The first-order valence-electron chi connectivity index (χ1n) is 5.61. The average molecular weight is 247 g/mol. The highest BCUT2D eigenvalue weighted by Gasteiger charge is 2.09. The van der Waals surface area contributed by atoms with Crippen LogP contribution in [0, 0.1) is 0 Å². The number of benzene rings is 1. The van der Waals surface area contributed by atoms with Crippen molar-refractivity contribution >= 4 is 5.97 Å². The number of aryl methyl sites for hydroxylation is 1. The molecule has 2 aromatic rings.